The topological polar surface area (TPSA) is 77.8 Å². The zero-order chi connectivity index (χ0) is 12.3. The molecule has 1 aromatic rings. The van der Waals surface area contributed by atoms with Gasteiger partial charge in [0.25, 0.3) is 0 Å². The zero-order valence-corrected chi connectivity index (χ0v) is 9.14. The number of hydrogen-bond donors (Lipinski definition) is 3. The summed E-state index contributed by atoms with van der Waals surface area (Å²) in [6.45, 7) is 3.70. The number of hydrogen-bond acceptors (Lipinski definition) is 3. The van der Waals surface area contributed by atoms with Crippen molar-refractivity contribution in [3.05, 3.63) is 29.3 Å². The van der Waals surface area contributed by atoms with Crippen LogP contribution in [0.3, 0.4) is 0 Å². The molecule has 0 aliphatic rings. The van der Waals surface area contributed by atoms with E-state index < -0.39 is 5.97 Å². The van der Waals surface area contributed by atoms with Crippen LogP contribution in [0.25, 0.3) is 6.08 Å². The summed E-state index contributed by atoms with van der Waals surface area (Å²) in [5, 5.41) is 27.8. The van der Waals surface area contributed by atoms with Crippen LogP contribution in [0, 0.1) is 0 Å². The van der Waals surface area contributed by atoms with Gasteiger partial charge in [-0.25, -0.2) is 4.79 Å². The lowest BCUT2D eigenvalue weighted by Gasteiger charge is -2.11. The predicted molar refractivity (Wildman–Crippen MR) is 60.5 cm³/mol. The Kier molecular flexibility index (Phi) is 3.55. The van der Waals surface area contributed by atoms with Crippen LogP contribution >= 0.6 is 0 Å². The van der Waals surface area contributed by atoms with Gasteiger partial charge in [0.15, 0.2) is 0 Å². The van der Waals surface area contributed by atoms with Crippen molar-refractivity contribution >= 4 is 12.0 Å². The molecule has 0 spiro atoms. The lowest BCUT2D eigenvalue weighted by molar-refractivity contribution is -0.131. The second kappa shape index (κ2) is 4.70. The van der Waals surface area contributed by atoms with Gasteiger partial charge in [-0.1, -0.05) is 13.8 Å². The number of carbonyl (C=O) groups is 1. The Bertz CT molecular complexity index is 410. The maximum atomic E-state index is 10.3. The molecule has 0 saturated heterocycles. The number of phenolic OH excluding ortho intramolecular Hbond substituents is 2. The number of rotatable bonds is 3. The molecule has 0 aliphatic heterocycles. The van der Waals surface area contributed by atoms with E-state index >= 15 is 0 Å². The third-order valence-electron chi connectivity index (χ3n) is 2.15. The minimum Gasteiger partial charge on any atom is -0.507 e. The maximum Gasteiger partial charge on any atom is 0.328 e. The van der Waals surface area contributed by atoms with Crippen LogP contribution in [0.15, 0.2) is 18.2 Å². The third kappa shape index (κ3) is 2.76. The first-order valence-corrected chi connectivity index (χ1v) is 4.88. The highest BCUT2D eigenvalue weighted by Gasteiger charge is 2.12. The van der Waals surface area contributed by atoms with Crippen LogP contribution in [0.5, 0.6) is 11.5 Å². The van der Waals surface area contributed by atoms with Crippen LogP contribution < -0.4 is 0 Å². The van der Waals surface area contributed by atoms with Crippen molar-refractivity contribution in [2.45, 2.75) is 19.8 Å². The summed E-state index contributed by atoms with van der Waals surface area (Å²) in [6, 6.07) is 2.85. The van der Waals surface area contributed by atoms with Crippen molar-refractivity contribution in [2.24, 2.45) is 0 Å². The second-order valence-corrected chi connectivity index (χ2v) is 3.80. The fourth-order valence-corrected chi connectivity index (χ4v) is 1.50. The van der Waals surface area contributed by atoms with Crippen LogP contribution in [-0.4, -0.2) is 21.3 Å². The Balaban J connectivity index is 3.14. The maximum absolute atomic E-state index is 10.3. The molecule has 4 nitrogen and oxygen atoms in total. The largest absolute Gasteiger partial charge is 0.507 e. The number of phenols is 2. The summed E-state index contributed by atoms with van der Waals surface area (Å²) in [6.07, 6.45) is 2.26. The summed E-state index contributed by atoms with van der Waals surface area (Å²) >= 11 is 0. The van der Waals surface area contributed by atoms with E-state index in [1.807, 2.05) is 13.8 Å². The number of aromatic hydroxyl groups is 2. The Labute approximate surface area is 93.5 Å². The number of carboxylic acid groups (broad SMARTS) is 1. The smallest absolute Gasteiger partial charge is 0.328 e. The third-order valence-corrected chi connectivity index (χ3v) is 2.15. The van der Waals surface area contributed by atoms with Crippen LogP contribution in [-0.2, 0) is 4.79 Å². The molecule has 0 saturated carbocycles. The lowest BCUT2D eigenvalue weighted by atomic mass is 9.99. The van der Waals surface area contributed by atoms with E-state index in [0.29, 0.717) is 11.1 Å². The minimum atomic E-state index is -1.08. The van der Waals surface area contributed by atoms with Crippen molar-refractivity contribution in [1.29, 1.82) is 0 Å². The van der Waals surface area contributed by atoms with E-state index in [0.717, 1.165) is 6.08 Å². The zero-order valence-electron chi connectivity index (χ0n) is 9.14. The van der Waals surface area contributed by atoms with E-state index in [1.165, 1.54) is 18.2 Å². The average Bonchev–Trinajstić information content (AvgIpc) is 2.12. The van der Waals surface area contributed by atoms with Crippen molar-refractivity contribution in [1.82, 2.24) is 0 Å². The number of benzene rings is 1. The molecule has 3 N–H and O–H groups in total. The van der Waals surface area contributed by atoms with Crippen molar-refractivity contribution < 1.29 is 20.1 Å². The number of carboxylic acids is 1. The van der Waals surface area contributed by atoms with Crippen LogP contribution in [0.4, 0.5) is 0 Å². The van der Waals surface area contributed by atoms with Crippen molar-refractivity contribution in [2.75, 3.05) is 0 Å². The summed E-state index contributed by atoms with van der Waals surface area (Å²) in [5.41, 5.74) is 0.911. The van der Waals surface area contributed by atoms with Gasteiger partial charge in [0.05, 0.1) is 0 Å². The van der Waals surface area contributed by atoms with Gasteiger partial charge in [-0.3, -0.25) is 0 Å². The highest BCUT2D eigenvalue weighted by molar-refractivity contribution is 5.85. The van der Waals surface area contributed by atoms with Gasteiger partial charge in [-0.2, -0.15) is 0 Å². The molecule has 0 bridgehead atoms. The summed E-state index contributed by atoms with van der Waals surface area (Å²) in [7, 11) is 0. The molecule has 0 atom stereocenters. The van der Waals surface area contributed by atoms with Crippen LogP contribution in [0.2, 0.25) is 0 Å². The van der Waals surface area contributed by atoms with Crippen LogP contribution in [0.1, 0.15) is 30.9 Å². The van der Waals surface area contributed by atoms with Crippen molar-refractivity contribution in [3.8, 4) is 11.5 Å². The predicted octanol–water partition coefficient (Wildman–Crippen LogP) is 2.32. The Hall–Kier alpha value is -1.97. The molecule has 0 radical (unpaired) electrons. The van der Waals surface area contributed by atoms with Crippen molar-refractivity contribution in [3.63, 3.8) is 0 Å². The standard InChI is InChI=1S/C12H14O4/c1-7(2)12-9(13)5-8(6-10(12)14)3-4-11(15)16/h3-7,13-14H,1-2H3,(H,15,16)/b4-3+. The van der Waals surface area contributed by atoms with E-state index in [2.05, 4.69) is 0 Å². The van der Waals surface area contributed by atoms with Gasteiger partial charge >= 0.3 is 5.97 Å². The summed E-state index contributed by atoms with van der Waals surface area (Å²) < 4.78 is 0. The van der Waals surface area contributed by atoms with Gasteiger partial charge in [-0.15, -0.1) is 0 Å². The van der Waals surface area contributed by atoms with E-state index in [-0.39, 0.29) is 17.4 Å². The molecule has 86 valence electrons. The molecule has 0 unspecified atom stereocenters. The molecule has 0 aliphatic carbocycles. The Morgan fingerprint density at radius 1 is 1.25 bits per heavy atom. The molecule has 4 heteroatoms. The quantitative estimate of drug-likeness (QED) is 0.686. The molecular weight excluding hydrogens is 208 g/mol. The first-order valence-electron chi connectivity index (χ1n) is 4.88. The highest BCUT2D eigenvalue weighted by Crippen LogP contribution is 2.35. The molecule has 0 heterocycles. The van der Waals surface area contributed by atoms with E-state index in [1.54, 1.807) is 0 Å². The van der Waals surface area contributed by atoms with Gasteiger partial charge in [0, 0.05) is 11.6 Å². The van der Waals surface area contributed by atoms with E-state index in [4.69, 9.17) is 5.11 Å². The molecule has 1 aromatic carbocycles. The van der Waals surface area contributed by atoms with Gasteiger partial charge < -0.3 is 15.3 Å². The SMILES string of the molecule is CC(C)c1c(O)cc(/C=C/C(=O)O)cc1O. The average molecular weight is 222 g/mol. The normalized spacial score (nSPS) is 11.2. The summed E-state index contributed by atoms with van der Waals surface area (Å²) in [4.78, 5) is 10.3. The lowest BCUT2D eigenvalue weighted by Crippen LogP contribution is -1.91. The summed E-state index contributed by atoms with van der Waals surface area (Å²) in [5.74, 6) is -1.13. The molecule has 0 aromatic heterocycles. The fraction of sp³-hybridized carbons (Fsp3) is 0.250. The molecule has 0 amide bonds. The molecule has 1 rings (SSSR count). The van der Waals surface area contributed by atoms with Gasteiger partial charge in [0.2, 0.25) is 0 Å². The minimum absolute atomic E-state index is 0.00231. The fourth-order valence-electron chi connectivity index (χ4n) is 1.50. The Morgan fingerprint density at radius 2 is 1.75 bits per heavy atom. The first-order chi connectivity index (χ1) is 7.41. The monoisotopic (exact) mass is 222 g/mol. The molecule has 16 heavy (non-hydrogen) atoms. The first kappa shape index (κ1) is 12.1. The number of aliphatic carboxylic acids is 1. The van der Waals surface area contributed by atoms with Gasteiger partial charge in [0.1, 0.15) is 11.5 Å². The van der Waals surface area contributed by atoms with Gasteiger partial charge in [-0.05, 0) is 29.7 Å². The highest BCUT2D eigenvalue weighted by atomic mass is 16.4. The molecule has 0 fully saturated rings. The van der Waals surface area contributed by atoms with E-state index in [9.17, 15) is 15.0 Å². The Morgan fingerprint density at radius 3 is 2.12 bits per heavy atom. The second-order valence-electron chi connectivity index (χ2n) is 3.80. The molecular formula is C12H14O4.